The number of hydrogen-bond donors (Lipinski definition) is 1. The molecular formula is C22H22N6. The van der Waals surface area contributed by atoms with Crippen LogP contribution in [0.3, 0.4) is 0 Å². The standard InChI is InChI=1S/C22H22N6/c1-15-22(26-27-25-15)17-9-10-23-20(11-17)21-13-28(14-24-21)12-18-7-4-6-16-5-2-3-8-19(16)18/h2-3,5,8-11,13-14,18H,4,6-7,12H2,1H3,(H,25,26,27). The molecule has 3 heterocycles. The number of benzene rings is 1. The Bertz CT molecular complexity index is 1110. The van der Waals surface area contributed by atoms with E-state index in [1.165, 1.54) is 30.4 Å². The summed E-state index contributed by atoms with van der Waals surface area (Å²) < 4.78 is 2.19. The van der Waals surface area contributed by atoms with Crippen LogP contribution in [0.1, 0.15) is 35.6 Å². The minimum Gasteiger partial charge on any atom is -0.336 e. The van der Waals surface area contributed by atoms with Gasteiger partial charge in [-0.1, -0.05) is 24.3 Å². The molecule has 1 aliphatic rings. The molecule has 0 amide bonds. The van der Waals surface area contributed by atoms with Crippen molar-refractivity contribution in [1.29, 1.82) is 0 Å². The lowest BCUT2D eigenvalue weighted by molar-refractivity contribution is 0.483. The fourth-order valence-corrected chi connectivity index (χ4v) is 4.17. The minimum absolute atomic E-state index is 0.545. The van der Waals surface area contributed by atoms with Crippen molar-refractivity contribution in [2.24, 2.45) is 0 Å². The normalized spacial score (nSPS) is 16.1. The molecule has 1 atom stereocenters. The Kier molecular flexibility index (Phi) is 4.24. The van der Waals surface area contributed by atoms with E-state index in [2.05, 4.69) is 60.4 Å². The molecular weight excluding hydrogens is 348 g/mol. The Balaban J connectivity index is 1.40. The van der Waals surface area contributed by atoms with Crippen molar-refractivity contribution >= 4 is 0 Å². The summed E-state index contributed by atoms with van der Waals surface area (Å²) >= 11 is 0. The van der Waals surface area contributed by atoms with Crippen molar-refractivity contribution in [2.75, 3.05) is 0 Å². The second kappa shape index (κ2) is 7.03. The number of fused-ring (bicyclic) bond motifs is 1. The predicted molar refractivity (Wildman–Crippen MR) is 108 cm³/mol. The molecule has 6 nitrogen and oxygen atoms in total. The number of aromatic amines is 1. The molecule has 0 bridgehead atoms. The second-order valence-corrected chi connectivity index (χ2v) is 7.43. The molecule has 0 aliphatic heterocycles. The van der Waals surface area contributed by atoms with Crippen LogP contribution in [0.2, 0.25) is 0 Å². The zero-order valence-electron chi connectivity index (χ0n) is 15.8. The molecule has 5 rings (SSSR count). The van der Waals surface area contributed by atoms with Gasteiger partial charge in [-0.3, -0.25) is 4.98 Å². The van der Waals surface area contributed by atoms with Crippen LogP contribution >= 0.6 is 0 Å². The highest BCUT2D eigenvalue weighted by Crippen LogP contribution is 2.33. The molecule has 0 radical (unpaired) electrons. The fourth-order valence-electron chi connectivity index (χ4n) is 4.17. The maximum Gasteiger partial charge on any atom is 0.115 e. The van der Waals surface area contributed by atoms with E-state index in [1.807, 2.05) is 25.4 Å². The van der Waals surface area contributed by atoms with E-state index >= 15 is 0 Å². The molecule has 6 heteroatoms. The SMILES string of the molecule is Cc1n[nH]nc1-c1ccnc(-c2cn(CC3CCCc4ccccc43)cn2)c1. The number of hydrogen-bond acceptors (Lipinski definition) is 4. The maximum atomic E-state index is 4.61. The molecule has 0 saturated heterocycles. The number of imidazole rings is 1. The third kappa shape index (κ3) is 3.11. The number of aryl methyl sites for hydroxylation is 2. The van der Waals surface area contributed by atoms with Gasteiger partial charge in [0.2, 0.25) is 0 Å². The van der Waals surface area contributed by atoms with Crippen LogP contribution in [-0.4, -0.2) is 29.9 Å². The first-order valence-corrected chi connectivity index (χ1v) is 9.71. The number of aromatic nitrogens is 6. The number of pyridine rings is 1. The highest BCUT2D eigenvalue weighted by molar-refractivity contribution is 5.67. The number of nitrogens with one attached hydrogen (secondary N) is 1. The summed E-state index contributed by atoms with van der Waals surface area (Å²) in [6, 6.07) is 12.8. The van der Waals surface area contributed by atoms with Gasteiger partial charge in [0.25, 0.3) is 0 Å². The van der Waals surface area contributed by atoms with Crippen LogP contribution in [0.25, 0.3) is 22.6 Å². The van der Waals surface area contributed by atoms with Gasteiger partial charge in [0.05, 0.1) is 17.7 Å². The largest absolute Gasteiger partial charge is 0.336 e. The van der Waals surface area contributed by atoms with E-state index in [9.17, 15) is 0 Å². The Morgan fingerprint density at radius 2 is 2.04 bits per heavy atom. The van der Waals surface area contributed by atoms with E-state index < -0.39 is 0 Å². The van der Waals surface area contributed by atoms with E-state index in [4.69, 9.17) is 0 Å². The van der Waals surface area contributed by atoms with Crippen molar-refractivity contribution in [2.45, 2.75) is 38.6 Å². The Morgan fingerprint density at radius 1 is 1.11 bits per heavy atom. The molecule has 0 saturated carbocycles. The second-order valence-electron chi connectivity index (χ2n) is 7.43. The lowest BCUT2D eigenvalue weighted by Gasteiger charge is -2.25. The number of nitrogens with zero attached hydrogens (tertiary/aromatic N) is 5. The first-order chi connectivity index (χ1) is 13.8. The first-order valence-electron chi connectivity index (χ1n) is 9.71. The van der Waals surface area contributed by atoms with Gasteiger partial charge in [-0.25, -0.2) is 4.98 Å². The van der Waals surface area contributed by atoms with Gasteiger partial charge in [0.1, 0.15) is 11.4 Å². The third-order valence-electron chi connectivity index (χ3n) is 5.58. The topological polar surface area (TPSA) is 72.3 Å². The highest BCUT2D eigenvalue weighted by atomic mass is 15.3. The van der Waals surface area contributed by atoms with Gasteiger partial charge in [0.15, 0.2) is 0 Å². The molecule has 4 aromatic rings. The van der Waals surface area contributed by atoms with Crippen LogP contribution in [-0.2, 0) is 13.0 Å². The van der Waals surface area contributed by atoms with E-state index in [-0.39, 0.29) is 0 Å². The van der Waals surface area contributed by atoms with Crippen molar-refractivity contribution < 1.29 is 0 Å². The van der Waals surface area contributed by atoms with Gasteiger partial charge in [-0.2, -0.15) is 15.4 Å². The average molecular weight is 370 g/mol. The van der Waals surface area contributed by atoms with Crippen molar-refractivity contribution in [3.05, 3.63) is 71.9 Å². The van der Waals surface area contributed by atoms with Crippen LogP contribution < -0.4 is 0 Å². The molecule has 1 aliphatic carbocycles. The first kappa shape index (κ1) is 16.9. The van der Waals surface area contributed by atoms with Crippen molar-refractivity contribution in [3.8, 4) is 22.6 Å². The molecule has 28 heavy (non-hydrogen) atoms. The molecule has 1 N–H and O–H groups in total. The van der Waals surface area contributed by atoms with Crippen molar-refractivity contribution in [1.82, 2.24) is 29.9 Å². The van der Waals surface area contributed by atoms with Gasteiger partial charge in [-0.15, -0.1) is 0 Å². The summed E-state index contributed by atoms with van der Waals surface area (Å²) in [7, 11) is 0. The summed E-state index contributed by atoms with van der Waals surface area (Å²) in [6.07, 6.45) is 9.49. The summed E-state index contributed by atoms with van der Waals surface area (Å²) in [4.78, 5) is 9.12. The van der Waals surface area contributed by atoms with Crippen LogP contribution in [0.4, 0.5) is 0 Å². The average Bonchev–Trinajstić information content (AvgIpc) is 3.37. The van der Waals surface area contributed by atoms with Gasteiger partial charge >= 0.3 is 0 Å². The Hall–Kier alpha value is -3.28. The summed E-state index contributed by atoms with van der Waals surface area (Å²) in [5.41, 5.74) is 7.43. The van der Waals surface area contributed by atoms with Crippen LogP contribution in [0.5, 0.6) is 0 Å². The Morgan fingerprint density at radius 3 is 2.93 bits per heavy atom. The lowest BCUT2D eigenvalue weighted by atomic mass is 9.83. The van der Waals surface area contributed by atoms with E-state index in [0.717, 1.165) is 34.9 Å². The quantitative estimate of drug-likeness (QED) is 0.585. The molecule has 1 unspecified atom stereocenters. The number of rotatable bonds is 4. The van der Waals surface area contributed by atoms with Crippen LogP contribution in [0.15, 0.2) is 55.1 Å². The van der Waals surface area contributed by atoms with E-state index in [1.54, 1.807) is 6.20 Å². The number of H-pyrrole nitrogens is 1. The summed E-state index contributed by atoms with van der Waals surface area (Å²) in [5.74, 6) is 0.545. The smallest absolute Gasteiger partial charge is 0.115 e. The van der Waals surface area contributed by atoms with Gasteiger partial charge < -0.3 is 4.57 Å². The monoisotopic (exact) mass is 370 g/mol. The van der Waals surface area contributed by atoms with Crippen molar-refractivity contribution in [3.63, 3.8) is 0 Å². The lowest BCUT2D eigenvalue weighted by Crippen LogP contribution is -2.14. The fraction of sp³-hybridized carbons (Fsp3) is 0.273. The molecule has 1 aromatic carbocycles. The highest BCUT2D eigenvalue weighted by Gasteiger charge is 2.20. The molecule has 0 fully saturated rings. The predicted octanol–water partition coefficient (Wildman–Crippen LogP) is 4.16. The van der Waals surface area contributed by atoms with Gasteiger partial charge in [-0.05, 0) is 49.4 Å². The summed E-state index contributed by atoms with van der Waals surface area (Å²) in [5, 5.41) is 11.0. The molecule has 0 spiro atoms. The maximum absolute atomic E-state index is 4.61. The minimum atomic E-state index is 0.545. The summed E-state index contributed by atoms with van der Waals surface area (Å²) in [6.45, 7) is 2.89. The molecule has 140 valence electrons. The molecule has 3 aromatic heterocycles. The van der Waals surface area contributed by atoms with E-state index in [0.29, 0.717) is 5.92 Å². The third-order valence-corrected chi connectivity index (χ3v) is 5.58. The Labute approximate surface area is 163 Å². The zero-order valence-corrected chi connectivity index (χ0v) is 15.8. The van der Waals surface area contributed by atoms with Gasteiger partial charge in [0, 0.05) is 30.4 Å². The zero-order chi connectivity index (χ0) is 18.9. The van der Waals surface area contributed by atoms with Crippen LogP contribution in [0, 0.1) is 6.92 Å².